The molecule has 0 rings (SSSR count). The maximum atomic E-state index is 12.7. The number of amides is 1. The second kappa shape index (κ2) is 8.51. The summed E-state index contributed by atoms with van der Waals surface area (Å²) in [6.45, 7) is 10.1. The average Bonchev–Trinajstić information content (AvgIpc) is 2.34. The molecule has 112 valence electrons. The average molecular weight is 294 g/mol. The van der Waals surface area contributed by atoms with Crippen LogP contribution in [0.15, 0.2) is 0 Å². The first-order valence-corrected chi connectivity index (χ1v) is 7.28. The van der Waals surface area contributed by atoms with Crippen molar-refractivity contribution < 1.29 is 14.0 Å². The Hall–Kier alpha value is -0.640. The van der Waals surface area contributed by atoms with Crippen LogP contribution in [-0.2, 0) is 9.59 Å². The van der Waals surface area contributed by atoms with Crippen molar-refractivity contribution in [2.24, 2.45) is 11.8 Å². The summed E-state index contributed by atoms with van der Waals surface area (Å²) in [7, 11) is 0. The van der Waals surface area contributed by atoms with E-state index in [2.05, 4.69) is 0 Å². The van der Waals surface area contributed by atoms with Gasteiger partial charge in [0.2, 0.25) is 11.5 Å². The van der Waals surface area contributed by atoms with Crippen LogP contribution in [0.3, 0.4) is 0 Å². The molecule has 0 saturated heterocycles. The highest BCUT2D eigenvalue weighted by Crippen LogP contribution is 2.19. The Balaban J connectivity index is 4.35. The van der Waals surface area contributed by atoms with Crippen LogP contribution in [0.2, 0.25) is 0 Å². The third-order valence-corrected chi connectivity index (χ3v) is 3.62. The van der Waals surface area contributed by atoms with E-state index in [0.717, 1.165) is 0 Å². The van der Waals surface area contributed by atoms with Gasteiger partial charge in [0, 0.05) is 24.4 Å². The molecule has 3 nitrogen and oxygen atoms in total. The lowest BCUT2D eigenvalue weighted by Gasteiger charge is -2.28. The van der Waals surface area contributed by atoms with E-state index in [1.54, 1.807) is 11.8 Å². The summed E-state index contributed by atoms with van der Waals surface area (Å²) in [6, 6.07) is 0.164. The lowest BCUT2D eigenvalue weighted by atomic mass is 9.94. The van der Waals surface area contributed by atoms with Crippen molar-refractivity contribution in [2.45, 2.75) is 59.1 Å². The number of hydrogen-bond acceptors (Lipinski definition) is 2. The minimum absolute atomic E-state index is 0.0832. The summed E-state index contributed by atoms with van der Waals surface area (Å²) >= 11 is 5.12. The fraction of sp³-hybridized carbons (Fsp3) is 0.857. The quantitative estimate of drug-likeness (QED) is 0.643. The van der Waals surface area contributed by atoms with Gasteiger partial charge in [-0.15, -0.1) is 0 Å². The third-order valence-electron chi connectivity index (χ3n) is 3.40. The molecule has 5 heteroatoms. The molecule has 19 heavy (non-hydrogen) atoms. The van der Waals surface area contributed by atoms with E-state index in [1.165, 1.54) is 0 Å². The number of alkyl halides is 2. The monoisotopic (exact) mass is 293 g/mol. The molecule has 0 aromatic rings. The summed E-state index contributed by atoms with van der Waals surface area (Å²) in [5.41, 5.74) is -1.94. The van der Waals surface area contributed by atoms with Gasteiger partial charge in [0.05, 0.1) is 0 Å². The minimum Gasteiger partial charge on any atom is -0.340 e. The normalized spacial score (nSPS) is 16.0. The van der Waals surface area contributed by atoms with Crippen molar-refractivity contribution in [2.75, 3.05) is 6.54 Å². The van der Waals surface area contributed by atoms with Gasteiger partial charge in [-0.25, -0.2) is 4.39 Å². The highest BCUT2D eigenvalue weighted by atomic mass is 35.5. The van der Waals surface area contributed by atoms with Gasteiger partial charge >= 0.3 is 0 Å². The molecule has 0 aliphatic heterocycles. The van der Waals surface area contributed by atoms with Crippen LogP contribution in [0, 0.1) is 11.8 Å². The fourth-order valence-electron chi connectivity index (χ4n) is 2.04. The topological polar surface area (TPSA) is 37.4 Å². The van der Waals surface area contributed by atoms with Gasteiger partial charge in [0.15, 0.2) is 5.78 Å². The molecule has 0 aromatic heterocycles. The summed E-state index contributed by atoms with van der Waals surface area (Å²) < 4.78 is 12.7. The van der Waals surface area contributed by atoms with E-state index in [0.29, 0.717) is 19.4 Å². The van der Waals surface area contributed by atoms with E-state index >= 15 is 0 Å². The van der Waals surface area contributed by atoms with Crippen molar-refractivity contribution in [3.63, 3.8) is 0 Å². The van der Waals surface area contributed by atoms with Crippen LogP contribution in [0.4, 0.5) is 4.39 Å². The molecule has 1 amide bonds. The zero-order chi connectivity index (χ0) is 15.2. The van der Waals surface area contributed by atoms with Gasteiger partial charge in [0.1, 0.15) is 0 Å². The molecule has 3 unspecified atom stereocenters. The highest BCUT2D eigenvalue weighted by molar-refractivity contribution is 6.30. The number of halogens is 2. The predicted molar refractivity (Wildman–Crippen MR) is 75.8 cm³/mol. The number of ketones is 1. The molecule has 0 aliphatic carbocycles. The number of carbonyl (C=O) groups excluding carboxylic acids is 2. The molecule has 0 spiro atoms. The molecular weight excluding hydrogens is 269 g/mol. The van der Waals surface area contributed by atoms with Crippen molar-refractivity contribution in [1.29, 1.82) is 0 Å². The van der Waals surface area contributed by atoms with E-state index in [1.807, 2.05) is 27.7 Å². The van der Waals surface area contributed by atoms with E-state index < -0.39 is 17.3 Å². The van der Waals surface area contributed by atoms with Crippen LogP contribution in [-0.4, -0.2) is 34.8 Å². The number of carbonyl (C=O) groups is 2. The van der Waals surface area contributed by atoms with E-state index in [4.69, 9.17) is 11.6 Å². The van der Waals surface area contributed by atoms with E-state index in [9.17, 15) is 14.0 Å². The Morgan fingerprint density at radius 2 is 1.58 bits per heavy atom. The number of hydrogen-bond donors (Lipinski definition) is 0. The highest BCUT2D eigenvalue weighted by Gasteiger charge is 2.25. The van der Waals surface area contributed by atoms with Crippen LogP contribution in [0.5, 0.6) is 0 Å². The first-order valence-electron chi connectivity index (χ1n) is 6.84. The molecule has 0 aliphatic rings. The molecular formula is C14H25ClFNO2. The molecule has 0 aromatic carbocycles. The first kappa shape index (κ1) is 18.4. The number of rotatable bonds is 8. The number of nitrogens with zero attached hydrogens (tertiary/aromatic N) is 1. The zero-order valence-electron chi connectivity index (χ0n) is 12.5. The first-order chi connectivity index (χ1) is 8.72. The molecule has 0 N–H and O–H groups in total. The lowest BCUT2D eigenvalue weighted by molar-refractivity contribution is -0.137. The van der Waals surface area contributed by atoms with Crippen LogP contribution in [0.25, 0.3) is 0 Å². The standard InChI is InChI=1S/C14H25ClFNO2/c1-6-17(9(2)3)14(19)11(5)8-7-10(4)12(18)13(15)16/h9-11,13H,6-8H2,1-5H3. The predicted octanol–water partition coefficient (Wildman–Crippen LogP) is 3.40. The van der Waals surface area contributed by atoms with Crippen molar-refractivity contribution in [1.82, 2.24) is 4.90 Å². The van der Waals surface area contributed by atoms with Gasteiger partial charge in [-0.3, -0.25) is 9.59 Å². The Bertz CT molecular complexity index is 308. The van der Waals surface area contributed by atoms with Crippen molar-refractivity contribution >= 4 is 23.3 Å². The zero-order valence-corrected chi connectivity index (χ0v) is 13.2. The molecule has 0 saturated carbocycles. The maximum Gasteiger partial charge on any atom is 0.231 e. The SMILES string of the molecule is CCN(C(=O)C(C)CCC(C)C(=O)C(F)Cl)C(C)C. The summed E-state index contributed by atoms with van der Waals surface area (Å²) in [5, 5.41) is 0. The smallest absolute Gasteiger partial charge is 0.231 e. The molecule has 0 heterocycles. The lowest BCUT2D eigenvalue weighted by Crippen LogP contribution is -2.40. The number of Topliss-reactive ketones (excluding diaryl/α,β-unsaturated/α-hetero) is 1. The molecule has 3 atom stereocenters. The third kappa shape index (κ3) is 5.89. The van der Waals surface area contributed by atoms with Gasteiger partial charge in [-0.05, 0) is 33.6 Å². The second-order valence-electron chi connectivity index (χ2n) is 5.30. The molecule has 0 radical (unpaired) electrons. The Morgan fingerprint density at radius 3 is 1.95 bits per heavy atom. The van der Waals surface area contributed by atoms with Crippen LogP contribution in [0.1, 0.15) is 47.5 Å². The van der Waals surface area contributed by atoms with E-state index in [-0.39, 0.29) is 17.9 Å². The molecule has 0 bridgehead atoms. The second-order valence-corrected chi connectivity index (χ2v) is 5.68. The van der Waals surface area contributed by atoms with Gasteiger partial charge in [-0.1, -0.05) is 25.4 Å². The Morgan fingerprint density at radius 1 is 1.11 bits per heavy atom. The Kier molecular flexibility index (Phi) is 8.23. The summed E-state index contributed by atoms with van der Waals surface area (Å²) in [5.74, 6) is -1.12. The van der Waals surface area contributed by atoms with Gasteiger partial charge in [0.25, 0.3) is 0 Å². The van der Waals surface area contributed by atoms with Crippen molar-refractivity contribution in [3.8, 4) is 0 Å². The molecule has 0 fully saturated rings. The summed E-state index contributed by atoms with van der Waals surface area (Å²) in [6.07, 6.45) is 1.05. The fourth-order valence-corrected chi connectivity index (χ4v) is 2.25. The Labute approximate surface area is 120 Å². The van der Waals surface area contributed by atoms with Crippen LogP contribution < -0.4 is 0 Å². The van der Waals surface area contributed by atoms with Gasteiger partial charge in [-0.2, -0.15) is 0 Å². The van der Waals surface area contributed by atoms with Gasteiger partial charge < -0.3 is 4.90 Å². The maximum absolute atomic E-state index is 12.7. The van der Waals surface area contributed by atoms with Crippen LogP contribution >= 0.6 is 11.6 Å². The summed E-state index contributed by atoms with van der Waals surface area (Å²) in [4.78, 5) is 25.3. The van der Waals surface area contributed by atoms with Crippen molar-refractivity contribution in [3.05, 3.63) is 0 Å². The minimum atomic E-state index is -1.94. The largest absolute Gasteiger partial charge is 0.340 e.